The average Bonchev–Trinajstić information content (AvgIpc) is 3.28. The van der Waals surface area contributed by atoms with Crippen molar-refractivity contribution < 1.29 is 13.9 Å². The van der Waals surface area contributed by atoms with E-state index in [2.05, 4.69) is 20.3 Å². The van der Waals surface area contributed by atoms with Crippen LogP contribution in [0.1, 0.15) is 37.7 Å². The number of nitrogens with one attached hydrogen (secondary N) is 2. The zero-order valence-corrected chi connectivity index (χ0v) is 18.9. The van der Waals surface area contributed by atoms with Crippen molar-refractivity contribution in [1.82, 2.24) is 15.0 Å². The molecule has 0 aliphatic carbocycles. The van der Waals surface area contributed by atoms with Gasteiger partial charge in [-0.25, -0.2) is 14.4 Å². The Bertz CT molecular complexity index is 1220. The molecule has 0 bridgehead atoms. The molecule has 2 aromatic carbocycles. The van der Waals surface area contributed by atoms with E-state index in [0.717, 1.165) is 59.3 Å². The van der Waals surface area contributed by atoms with Gasteiger partial charge in [-0.1, -0.05) is 25.0 Å². The summed E-state index contributed by atoms with van der Waals surface area (Å²) in [4.78, 5) is 22.8. The molecule has 2 aromatic heterocycles. The largest absolute Gasteiger partial charge is 0.494 e. The topological polar surface area (TPSA) is 106 Å². The number of halogens is 1. The first-order chi connectivity index (χ1) is 16.6. The number of carbonyl (C=O) groups is 1. The SMILES string of the molecule is NC(=O)CCCCCCOc1ccc(-c2cc3c(NCc4ccc(F)cc4)ncnc3[nH]2)cc1. The summed E-state index contributed by atoms with van der Waals surface area (Å²) >= 11 is 0. The summed E-state index contributed by atoms with van der Waals surface area (Å²) in [6.45, 7) is 1.17. The molecule has 0 saturated carbocycles. The minimum Gasteiger partial charge on any atom is -0.494 e. The maximum Gasteiger partial charge on any atom is 0.217 e. The number of ether oxygens (including phenoxy) is 1. The Morgan fingerprint density at radius 3 is 2.53 bits per heavy atom. The Balaban J connectivity index is 1.33. The summed E-state index contributed by atoms with van der Waals surface area (Å²) in [6, 6.07) is 16.3. The molecule has 4 aromatic rings. The molecule has 0 spiro atoms. The number of anilines is 1. The molecule has 0 aliphatic rings. The fourth-order valence-electron chi connectivity index (χ4n) is 3.70. The molecule has 0 atom stereocenters. The van der Waals surface area contributed by atoms with Crippen molar-refractivity contribution in [2.75, 3.05) is 11.9 Å². The van der Waals surface area contributed by atoms with Crippen molar-refractivity contribution in [3.8, 4) is 17.0 Å². The number of nitrogens with two attached hydrogens (primary N) is 1. The first kappa shape index (κ1) is 23.2. The smallest absolute Gasteiger partial charge is 0.217 e. The van der Waals surface area contributed by atoms with E-state index in [-0.39, 0.29) is 11.7 Å². The van der Waals surface area contributed by atoms with Crippen LogP contribution in [0.4, 0.5) is 10.2 Å². The van der Waals surface area contributed by atoms with Gasteiger partial charge >= 0.3 is 0 Å². The molecule has 0 radical (unpaired) electrons. The molecule has 0 fully saturated rings. The van der Waals surface area contributed by atoms with Crippen LogP contribution in [0.3, 0.4) is 0 Å². The van der Waals surface area contributed by atoms with Gasteiger partial charge in [0.1, 0.15) is 29.4 Å². The lowest BCUT2D eigenvalue weighted by Gasteiger charge is -2.07. The highest BCUT2D eigenvalue weighted by Gasteiger charge is 2.10. The van der Waals surface area contributed by atoms with E-state index in [1.54, 1.807) is 12.1 Å². The molecule has 1 amide bonds. The van der Waals surface area contributed by atoms with Crippen LogP contribution in [0.2, 0.25) is 0 Å². The van der Waals surface area contributed by atoms with E-state index >= 15 is 0 Å². The molecular weight excluding hydrogens is 433 g/mol. The Morgan fingerprint density at radius 1 is 1.00 bits per heavy atom. The Hall–Kier alpha value is -3.94. The fourth-order valence-corrected chi connectivity index (χ4v) is 3.70. The van der Waals surface area contributed by atoms with Gasteiger partial charge in [-0.2, -0.15) is 0 Å². The van der Waals surface area contributed by atoms with Gasteiger partial charge in [-0.3, -0.25) is 4.79 Å². The molecule has 0 unspecified atom stereocenters. The van der Waals surface area contributed by atoms with Crippen molar-refractivity contribution in [3.63, 3.8) is 0 Å². The summed E-state index contributed by atoms with van der Waals surface area (Å²) < 4.78 is 18.9. The Morgan fingerprint density at radius 2 is 1.76 bits per heavy atom. The lowest BCUT2D eigenvalue weighted by atomic mass is 10.1. The van der Waals surface area contributed by atoms with E-state index in [1.165, 1.54) is 18.5 Å². The number of carbonyl (C=O) groups excluding carboxylic acids is 1. The third kappa shape index (κ3) is 6.31. The van der Waals surface area contributed by atoms with E-state index in [9.17, 15) is 9.18 Å². The molecular formula is C26H28FN5O2. The van der Waals surface area contributed by atoms with Crippen molar-refractivity contribution in [2.24, 2.45) is 5.73 Å². The highest BCUT2D eigenvalue weighted by atomic mass is 19.1. The number of primary amides is 1. The van der Waals surface area contributed by atoms with E-state index in [4.69, 9.17) is 10.5 Å². The number of amides is 1. The first-order valence-electron chi connectivity index (χ1n) is 11.4. The van der Waals surface area contributed by atoms with Crippen molar-refractivity contribution in [3.05, 3.63) is 72.3 Å². The third-order valence-corrected chi connectivity index (χ3v) is 5.55. The van der Waals surface area contributed by atoms with Crippen molar-refractivity contribution in [2.45, 2.75) is 38.6 Å². The van der Waals surface area contributed by atoms with Crippen LogP contribution in [0.15, 0.2) is 60.9 Å². The number of aromatic nitrogens is 3. The summed E-state index contributed by atoms with van der Waals surface area (Å²) in [5, 5.41) is 4.19. The summed E-state index contributed by atoms with van der Waals surface area (Å²) in [7, 11) is 0. The second-order valence-electron chi connectivity index (χ2n) is 8.15. The fraction of sp³-hybridized carbons (Fsp3) is 0.269. The van der Waals surface area contributed by atoms with E-state index in [0.29, 0.717) is 25.4 Å². The van der Waals surface area contributed by atoms with Crippen molar-refractivity contribution >= 4 is 22.8 Å². The van der Waals surface area contributed by atoms with Gasteiger partial charge in [0.25, 0.3) is 0 Å². The van der Waals surface area contributed by atoms with E-state index < -0.39 is 0 Å². The van der Waals surface area contributed by atoms with Gasteiger partial charge in [0.05, 0.1) is 12.0 Å². The van der Waals surface area contributed by atoms with Crippen LogP contribution in [0.5, 0.6) is 5.75 Å². The lowest BCUT2D eigenvalue weighted by Crippen LogP contribution is -2.09. The van der Waals surface area contributed by atoms with Gasteiger partial charge in [0.2, 0.25) is 5.91 Å². The van der Waals surface area contributed by atoms with Gasteiger partial charge < -0.3 is 20.8 Å². The maximum atomic E-state index is 13.1. The number of rotatable bonds is 12. The molecule has 0 aliphatic heterocycles. The lowest BCUT2D eigenvalue weighted by molar-refractivity contribution is -0.118. The van der Waals surface area contributed by atoms with Gasteiger partial charge in [-0.15, -0.1) is 0 Å². The number of nitrogens with zero attached hydrogens (tertiary/aromatic N) is 2. The minimum atomic E-state index is -0.253. The zero-order chi connectivity index (χ0) is 23.8. The number of benzene rings is 2. The van der Waals surface area contributed by atoms with Gasteiger partial charge in [-0.05, 0) is 66.4 Å². The predicted molar refractivity (Wildman–Crippen MR) is 131 cm³/mol. The summed E-state index contributed by atoms with van der Waals surface area (Å²) in [5.74, 6) is 1.04. The van der Waals surface area contributed by atoms with Crippen molar-refractivity contribution in [1.29, 1.82) is 0 Å². The molecule has 2 heterocycles. The van der Waals surface area contributed by atoms with E-state index in [1.807, 2.05) is 30.3 Å². The maximum absolute atomic E-state index is 13.1. The molecule has 4 rings (SSSR count). The standard InChI is InChI=1S/C26H28FN5O2/c27-20-10-6-18(7-11-20)16-29-25-22-15-23(32-26(22)31-17-30-25)19-8-12-21(13-9-19)34-14-4-2-1-3-5-24(28)33/h6-13,15,17H,1-5,14,16H2,(H2,28,33)(H2,29,30,31,32). The zero-order valence-electron chi connectivity index (χ0n) is 18.9. The molecule has 4 N–H and O–H groups in total. The minimum absolute atomic E-state index is 0.240. The molecule has 0 saturated heterocycles. The second-order valence-corrected chi connectivity index (χ2v) is 8.15. The number of aromatic amines is 1. The van der Waals surface area contributed by atoms with Crippen LogP contribution >= 0.6 is 0 Å². The highest BCUT2D eigenvalue weighted by Crippen LogP contribution is 2.28. The number of hydrogen-bond acceptors (Lipinski definition) is 5. The Kier molecular flexibility index (Phi) is 7.70. The average molecular weight is 462 g/mol. The van der Waals surface area contributed by atoms with Crippen LogP contribution in [-0.4, -0.2) is 27.5 Å². The summed E-state index contributed by atoms with van der Waals surface area (Å²) in [5.41, 5.74) is 8.80. The highest BCUT2D eigenvalue weighted by molar-refractivity contribution is 5.91. The van der Waals surface area contributed by atoms with Gasteiger partial charge in [0, 0.05) is 18.7 Å². The number of H-pyrrole nitrogens is 1. The predicted octanol–water partition coefficient (Wildman–Crippen LogP) is 5.19. The summed E-state index contributed by atoms with van der Waals surface area (Å²) in [6.07, 6.45) is 5.74. The molecule has 176 valence electrons. The van der Waals surface area contributed by atoms with Crippen LogP contribution in [-0.2, 0) is 11.3 Å². The van der Waals surface area contributed by atoms with Gasteiger partial charge in [0.15, 0.2) is 0 Å². The number of fused-ring (bicyclic) bond motifs is 1. The number of hydrogen-bond donors (Lipinski definition) is 3. The second kappa shape index (κ2) is 11.3. The van der Waals surface area contributed by atoms with Crippen LogP contribution < -0.4 is 15.8 Å². The molecule has 8 heteroatoms. The monoisotopic (exact) mass is 461 g/mol. The number of unbranched alkanes of at least 4 members (excludes halogenated alkanes) is 3. The Labute approximate surface area is 197 Å². The first-order valence-corrected chi connectivity index (χ1v) is 11.4. The molecule has 7 nitrogen and oxygen atoms in total. The quantitative estimate of drug-likeness (QED) is 0.252. The normalized spacial score (nSPS) is 11.0. The van der Waals surface area contributed by atoms with Crippen LogP contribution in [0.25, 0.3) is 22.3 Å². The van der Waals surface area contributed by atoms with Crippen LogP contribution in [0, 0.1) is 5.82 Å². The molecule has 34 heavy (non-hydrogen) atoms. The third-order valence-electron chi connectivity index (χ3n) is 5.55.